The molecule has 0 aliphatic carbocycles. The summed E-state index contributed by atoms with van der Waals surface area (Å²) < 4.78 is 41.6. The first-order valence-electron chi connectivity index (χ1n) is 12.2. The van der Waals surface area contributed by atoms with Crippen LogP contribution in [-0.2, 0) is 15.8 Å². The fraction of sp³-hybridized carbons (Fsp3) is 0.357. The number of rotatable bonds is 6. The van der Waals surface area contributed by atoms with Crippen molar-refractivity contribution in [1.82, 2.24) is 9.21 Å². The van der Waals surface area contributed by atoms with Gasteiger partial charge in [0.05, 0.1) is 12.4 Å². The highest BCUT2D eigenvalue weighted by Gasteiger charge is 2.50. The van der Waals surface area contributed by atoms with E-state index < -0.39 is 10.0 Å². The molecule has 0 aromatic heterocycles. The molecule has 5 rings (SSSR count). The van der Waals surface area contributed by atoms with E-state index in [1.165, 1.54) is 12.1 Å². The van der Waals surface area contributed by atoms with E-state index in [0.717, 1.165) is 41.6 Å². The van der Waals surface area contributed by atoms with Crippen LogP contribution in [0.5, 0.6) is 0 Å². The van der Waals surface area contributed by atoms with Gasteiger partial charge in [0.15, 0.2) is 0 Å². The van der Waals surface area contributed by atoms with Crippen molar-refractivity contribution in [3.8, 4) is 11.1 Å². The summed E-state index contributed by atoms with van der Waals surface area (Å²) in [6.07, 6.45) is 1.72. The molecule has 0 radical (unpaired) electrons. The van der Waals surface area contributed by atoms with E-state index in [2.05, 4.69) is 17.0 Å². The van der Waals surface area contributed by atoms with Crippen molar-refractivity contribution in [1.29, 1.82) is 0 Å². The van der Waals surface area contributed by atoms with E-state index in [1.54, 1.807) is 16.4 Å². The van der Waals surface area contributed by atoms with E-state index >= 15 is 0 Å². The van der Waals surface area contributed by atoms with E-state index in [1.807, 2.05) is 42.5 Å². The van der Waals surface area contributed by atoms with Gasteiger partial charge >= 0.3 is 0 Å². The highest BCUT2D eigenvalue weighted by atomic mass is 32.2. The zero-order valence-corrected chi connectivity index (χ0v) is 20.4. The summed E-state index contributed by atoms with van der Waals surface area (Å²) >= 11 is 0. The zero-order chi connectivity index (χ0) is 24.4. The Morgan fingerprint density at radius 3 is 2.14 bits per heavy atom. The third-order valence-corrected chi connectivity index (χ3v) is 9.21. The molecule has 0 bridgehead atoms. The number of aliphatic hydroxyl groups excluding tert-OH is 1. The Balaban J connectivity index is 1.38. The molecule has 3 aromatic carbocycles. The van der Waals surface area contributed by atoms with Crippen molar-refractivity contribution in [3.05, 3.63) is 95.8 Å². The minimum atomic E-state index is -3.46. The van der Waals surface area contributed by atoms with Crippen molar-refractivity contribution in [2.24, 2.45) is 0 Å². The summed E-state index contributed by atoms with van der Waals surface area (Å²) in [6, 6.07) is 23.9. The Bertz CT molecular complexity index is 1230. The predicted molar refractivity (Wildman–Crippen MR) is 136 cm³/mol. The lowest BCUT2D eigenvalue weighted by Gasteiger charge is -2.57. The van der Waals surface area contributed by atoms with Crippen LogP contribution in [0.2, 0.25) is 0 Å². The molecule has 7 heteroatoms. The summed E-state index contributed by atoms with van der Waals surface area (Å²) in [5.41, 5.74) is 3.82. The van der Waals surface area contributed by atoms with Crippen LogP contribution in [0.1, 0.15) is 29.9 Å². The van der Waals surface area contributed by atoms with Gasteiger partial charge in [0, 0.05) is 31.1 Å². The molecule has 0 amide bonds. The molecule has 0 unspecified atom stereocenters. The second-order valence-electron chi connectivity index (χ2n) is 9.52. The van der Waals surface area contributed by atoms with Gasteiger partial charge in [-0.15, -0.1) is 0 Å². The second-order valence-corrected chi connectivity index (χ2v) is 11.5. The third-order valence-electron chi connectivity index (χ3n) is 7.39. The molecule has 3 aromatic rings. The van der Waals surface area contributed by atoms with Crippen LogP contribution in [0.4, 0.5) is 4.39 Å². The topological polar surface area (TPSA) is 60.9 Å². The van der Waals surface area contributed by atoms with Gasteiger partial charge in [-0.3, -0.25) is 4.90 Å². The molecule has 2 aliphatic heterocycles. The first-order chi connectivity index (χ1) is 17.0. The fourth-order valence-corrected chi connectivity index (χ4v) is 7.16. The van der Waals surface area contributed by atoms with Crippen LogP contribution in [0.3, 0.4) is 0 Å². The lowest BCUT2D eigenvalue weighted by atomic mass is 9.74. The smallest absolute Gasteiger partial charge is 0.218 e. The Labute approximate surface area is 206 Å². The van der Waals surface area contributed by atoms with E-state index in [4.69, 9.17) is 0 Å². The number of hydrogen-bond acceptors (Lipinski definition) is 4. The predicted octanol–water partition coefficient (Wildman–Crippen LogP) is 4.25. The Hall–Kier alpha value is -2.58. The molecule has 35 heavy (non-hydrogen) atoms. The minimum Gasteiger partial charge on any atom is -0.395 e. The van der Waals surface area contributed by atoms with Gasteiger partial charge in [-0.05, 0) is 53.8 Å². The molecular weight excluding hydrogens is 463 g/mol. The maximum absolute atomic E-state index is 13.3. The maximum Gasteiger partial charge on any atom is 0.218 e. The maximum atomic E-state index is 13.3. The minimum absolute atomic E-state index is 0.00101. The normalized spacial score (nSPS) is 23.7. The largest absolute Gasteiger partial charge is 0.395 e. The third kappa shape index (κ3) is 5.05. The quantitative estimate of drug-likeness (QED) is 0.557. The molecule has 2 aliphatic rings. The van der Waals surface area contributed by atoms with Gasteiger partial charge in [-0.25, -0.2) is 17.1 Å². The number of aliphatic hydroxyl groups is 1. The first-order valence-corrected chi connectivity index (χ1v) is 13.8. The summed E-state index contributed by atoms with van der Waals surface area (Å²) in [5, 5.41) is 10.2. The number of nitrogens with zero attached hydrogens (tertiary/aromatic N) is 2. The van der Waals surface area contributed by atoms with Gasteiger partial charge < -0.3 is 5.11 Å². The monoisotopic (exact) mass is 494 g/mol. The molecule has 1 N–H and O–H groups in total. The van der Waals surface area contributed by atoms with Crippen LogP contribution in [0.15, 0.2) is 78.9 Å². The molecule has 0 saturated carbocycles. The lowest BCUT2D eigenvalue weighted by Crippen LogP contribution is -2.67. The van der Waals surface area contributed by atoms with Crippen molar-refractivity contribution in [2.75, 3.05) is 26.2 Å². The van der Waals surface area contributed by atoms with Gasteiger partial charge in [-0.2, -0.15) is 0 Å². The first kappa shape index (κ1) is 24.1. The fourth-order valence-electron chi connectivity index (χ4n) is 5.58. The molecule has 2 fully saturated rings. The Morgan fingerprint density at radius 1 is 0.857 bits per heavy atom. The van der Waals surface area contributed by atoms with E-state index in [9.17, 15) is 17.9 Å². The van der Waals surface area contributed by atoms with Gasteiger partial charge in [0.25, 0.3) is 0 Å². The lowest BCUT2D eigenvalue weighted by molar-refractivity contribution is -0.0554. The molecule has 2 heterocycles. The number of halogens is 1. The van der Waals surface area contributed by atoms with Gasteiger partial charge in [-0.1, -0.05) is 66.7 Å². The van der Waals surface area contributed by atoms with Crippen molar-refractivity contribution >= 4 is 10.0 Å². The average Bonchev–Trinajstić information content (AvgIpc) is 2.84. The standard InChI is InChI=1S/C28H31FN2O3S/c29-25-14-12-23(13-15-25)22-8-10-24(11-9-22)28-26-18-30(16-4-5-17-31(26)27(28)19-32)35(33,34)20-21-6-2-1-3-7-21/h1-3,6-15,26-28,32H,4-5,16-20H2/t26-,27+,28-/m1/s1. The zero-order valence-electron chi connectivity index (χ0n) is 19.6. The summed E-state index contributed by atoms with van der Waals surface area (Å²) in [4.78, 5) is 2.28. The van der Waals surface area contributed by atoms with Crippen molar-refractivity contribution in [2.45, 2.75) is 36.6 Å². The molecule has 2 saturated heterocycles. The van der Waals surface area contributed by atoms with Gasteiger partial charge in [0.1, 0.15) is 5.82 Å². The highest BCUT2D eigenvalue weighted by molar-refractivity contribution is 7.88. The number of sulfonamides is 1. The molecule has 5 nitrogen and oxygen atoms in total. The van der Waals surface area contributed by atoms with Crippen LogP contribution in [-0.4, -0.2) is 61.1 Å². The second kappa shape index (κ2) is 10.2. The summed E-state index contributed by atoms with van der Waals surface area (Å²) in [6.45, 7) is 1.86. The number of fused-ring (bicyclic) bond motifs is 1. The Kier molecular flexibility index (Phi) is 7.02. The molecular formula is C28H31FN2O3S. The average molecular weight is 495 g/mol. The highest BCUT2D eigenvalue weighted by Crippen LogP contribution is 2.42. The molecule has 0 spiro atoms. The van der Waals surface area contributed by atoms with Crippen molar-refractivity contribution < 1.29 is 17.9 Å². The van der Waals surface area contributed by atoms with Crippen molar-refractivity contribution in [3.63, 3.8) is 0 Å². The SMILES string of the molecule is O=S(=O)(Cc1ccccc1)N1CCCCN2[C@H](C1)[C@@H](c1ccc(-c3ccc(F)cc3)cc1)[C@@H]2CO. The van der Waals surface area contributed by atoms with Crippen LogP contribution >= 0.6 is 0 Å². The van der Waals surface area contributed by atoms with Crippen LogP contribution in [0, 0.1) is 5.82 Å². The van der Waals surface area contributed by atoms with Crippen LogP contribution < -0.4 is 0 Å². The Morgan fingerprint density at radius 2 is 1.49 bits per heavy atom. The van der Waals surface area contributed by atoms with E-state index in [0.29, 0.717) is 13.1 Å². The van der Waals surface area contributed by atoms with Crippen LogP contribution in [0.25, 0.3) is 11.1 Å². The summed E-state index contributed by atoms with van der Waals surface area (Å²) in [7, 11) is -3.46. The van der Waals surface area contributed by atoms with E-state index in [-0.39, 0.29) is 36.2 Å². The molecule has 184 valence electrons. The molecule has 3 atom stereocenters. The number of benzene rings is 3. The van der Waals surface area contributed by atoms with Gasteiger partial charge in [0.2, 0.25) is 10.0 Å². The number of hydrogen-bond donors (Lipinski definition) is 1. The summed E-state index contributed by atoms with van der Waals surface area (Å²) in [5.74, 6) is -0.211.